The van der Waals surface area contributed by atoms with Crippen molar-refractivity contribution in [3.8, 4) is 6.07 Å². The lowest BCUT2D eigenvalue weighted by Gasteiger charge is -2.36. The van der Waals surface area contributed by atoms with Gasteiger partial charge in [0.2, 0.25) is 0 Å². The zero-order chi connectivity index (χ0) is 20.9. The molecule has 7 heteroatoms. The third-order valence-corrected chi connectivity index (χ3v) is 5.01. The Bertz CT molecular complexity index is 1080. The fourth-order valence-corrected chi connectivity index (χ4v) is 3.52. The number of aromatic nitrogens is 2. The van der Waals surface area contributed by atoms with Crippen molar-refractivity contribution in [2.45, 2.75) is 6.92 Å². The molecule has 30 heavy (non-hydrogen) atoms. The van der Waals surface area contributed by atoms with E-state index in [1.807, 2.05) is 29.2 Å². The summed E-state index contributed by atoms with van der Waals surface area (Å²) in [7, 11) is 0. The van der Waals surface area contributed by atoms with Crippen molar-refractivity contribution in [3.05, 3.63) is 77.7 Å². The van der Waals surface area contributed by atoms with Crippen LogP contribution in [0.3, 0.4) is 0 Å². The quantitative estimate of drug-likeness (QED) is 0.725. The van der Waals surface area contributed by atoms with E-state index in [4.69, 9.17) is 5.26 Å². The normalized spacial score (nSPS) is 13.6. The number of amides is 1. The summed E-state index contributed by atoms with van der Waals surface area (Å²) in [5, 5.41) is 12.2. The van der Waals surface area contributed by atoms with Gasteiger partial charge in [-0.05, 0) is 37.3 Å². The maximum absolute atomic E-state index is 13.0. The maximum Gasteiger partial charge on any atom is 0.272 e. The van der Waals surface area contributed by atoms with E-state index in [0.717, 1.165) is 18.8 Å². The fourth-order valence-electron chi connectivity index (χ4n) is 3.52. The van der Waals surface area contributed by atoms with Crippen LogP contribution in [0.5, 0.6) is 0 Å². The van der Waals surface area contributed by atoms with Crippen molar-refractivity contribution in [1.29, 1.82) is 5.26 Å². The van der Waals surface area contributed by atoms with Crippen LogP contribution in [0, 0.1) is 18.3 Å². The van der Waals surface area contributed by atoms with Gasteiger partial charge in [0, 0.05) is 43.6 Å². The first-order valence-corrected chi connectivity index (χ1v) is 9.84. The second kappa shape index (κ2) is 8.62. The minimum atomic E-state index is -0.0953. The van der Waals surface area contributed by atoms with Gasteiger partial charge in [-0.2, -0.15) is 5.26 Å². The van der Waals surface area contributed by atoms with E-state index >= 15 is 0 Å². The van der Waals surface area contributed by atoms with E-state index in [1.165, 1.54) is 5.69 Å². The Morgan fingerprint density at radius 3 is 2.50 bits per heavy atom. The number of aryl methyl sites for hydroxylation is 1. The predicted octanol–water partition coefficient (Wildman–Crippen LogP) is 3.36. The molecule has 1 aliphatic heterocycles. The molecule has 0 unspecified atom stereocenters. The molecule has 1 aromatic heterocycles. The van der Waals surface area contributed by atoms with E-state index in [1.54, 1.807) is 31.2 Å². The molecule has 1 N–H and O–H groups in total. The number of anilines is 3. The van der Waals surface area contributed by atoms with Gasteiger partial charge in [0.05, 0.1) is 11.6 Å². The Kier molecular flexibility index (Phi) is 5.57. The van der Waals surface area contributed by atoms with Gasteiger partial charge >= 0.3 is 0 Å². The first-order valence-electron chi connectivity index (χ1n) is 9.84. The highest BCUT2D eigenvalue weighted by atomic mass is 16.2. The Balaban J connectivity index is 1.46. The second-order valence-corrected chi connectivity index (χ2v) is 7.12. The molecule has 0 atom stereocenters. The molecule has 1 aliphatic rings. The van der Waals surface area contributed by atoms with Gasteiger partial charge in [-0.1, -0.05) is 24.3 Å². The molecule has 4 rings (SSSR count). The molecule has 0 spiro atoms. The molecule has 1 saturated heterocycles. The topological polar surface area (TPSA) is 85.1 Å². The van der Waals surface area contributed by atoms with Gasteiger partial charge in [-0.3, -0.25) is 4.79 Å². The average molecular weight is 398 g/mol. The van der Waals surface area contributed by atoms with Gasteiger partial charge in [0.15, 0.2) is 0 Å². The number of benzene rings is 2. The van der Waals surface area contributed by atoms with Crippen molar-refractivity contribution in [2.24, 2.45) is 0 Å². The maximum atomic E-state index is 13.0. The number of nitrogens with zero attached hydrogens (tertiary/aromatic N) is 5. The lowest BCUT2D eigenvalue weighted by molar-refractivity contribution is 0.0740. The smallest absolute Gasteiger partial charge is 0.272 e. The molecule has 1 amide bonds. The summed E-state index contributed by atoms with van der Waals surface area (Å²) in [6, 6.07) is 21.1. The first-order chi connectivity index (χ1) is 14.6. The van der Waals surface area contributed by atoms with Crippen LogP contribution in [0.15, 0.2) is 60.7 Å². The molecule has 150 valence electrons. The van der Waals surface area contributed by atoms with Crippen molar-refractivity contribution in [2.75, 3.05) is 36.4 Å². The molecule has 0 bridgehead atoms. The molecule has 2 heterocycles. The Morgan fingerprint density at radius 1 is 1.00 bits per heavy atom. The predicted molar refractivity (Wildman–Crippen MR) is 116 cm³/mol. The van der Waals surface area contributed by atoms with E-state index in [-0.39, 0.29) is 5.91 Å². The van der Waals surface area contributed by atoms with Gasteiger partial charge in [0.1, 0.15) is 17.3 Å². The Hall–Kier alpha value is -3.92. The fraction of sp³-hybridized carbons (Fsp3) is 0.217. The van der Waals surface area contributed by atoms with E-state index in [0.29, 0.717) is 36.0 Å². The van der Waals surface area contributed by atoms with Crippen molar-refractivity contribution < 1.29 is 4.79 Å². The number of rotatable bonds is 4. The van der Waals surface area contributed by atoms with Crippen LogP contribution in [0.25, 0.3) is 0 Å². The van der Waals surface area contributed by atoms with Crippen LogP contribution in [0.2, 0.25) is 0 Å². The monoisotopic (exact) mass is 398 g/mol. The number of carbonyl (C=O) groups excluding carboxylic acids is 1. The molecule has 0 aliphatic carbocycles. The van der Waals surface area contributed by atoms with Crippen molar-refractivity contribution in [1.82, 2.24) is 14.9 Å². The van der Waals surface area contributed by atoms with Gasteiger partial charge in [-0.25, -0.2) is 9.97 Å². The van der Waals surface area contributed by atoms with Crippen LogP contribution < -0.4 is 10.2 Å². The summed E-state index contributed by atoms with van der Waals surface area (Å²) < 4.78 is 0. The van der Waals surface area contributed by atoms with Gasteiger partial charge in [0.25, 0.3) is 5.91 Å². The zero-order valence-corrected chi connectivity index (χ0v) is 16.7. The Labute approximate surface area is 175 Å². The number of para-hydroxylation sites is 1. The number of hydrogen-bond acceptors (Lipinski definition) is 6. The summed E-state index contributed by atoms with van der Waals surface area (Å²) in [5.74, 6) is 0.952. The zero-order valence-electron chi connectivity index (χ0n) is 16.7. The van der Waals surface area contributed by atoms with Crippen LogP contribution in [-0.4, -0.2) is 47.0 Å². The number of hydrogen-bond donors (Lipinski definition) is 1. The lowest BCUT2D eigenvalue weighted by atomic mass is 10.2. The minimum Gasteiger partial charge on any atom is -0.368 e. The van der Waals surface area contributed by atoms with Crippen molar-refractivity contribution in [3.63, 3.8) is 0 Å². The second-order valence-electron chi connectivity index (χ2n) is 7.12. The highest BCUT2D eigenvalue weighted by Crippen LogP contribution is 2.19. The van der Waals surface area contributed by atoms with Crippen LogP contribution in [0.1, 0.15) is 21.9 Å². The van der Waals surface area contributed by atoms with E-state index in [2.05, 4.69) is 38.4 Å². The van der Waals surface area contributed by atoms with Gasteiger partial charge < -0.3 is 15.1 Å². The molecule has 1 fully saturated rings. The highest BCUT2D eigenvalue weighted by molar-refractivity contribution is 5.93. The number of piperazine rings is 1. The summed E-state index contributed by atoms with van der Waals surface area (Å²) >= 11 is 0. The van der Waals surface area contributed by atoms with E-state index in [9.17, 15) is 4.79 Å². The first kappa shape index (κ1) is 19.4. The number of nitrogens with one attached hydrogen (secondary N) is 1. The third-order valence-electron chi connectivity index (χ3n) is 5.01. The summed E-state index contributed by atoms with van der Waals surface area (Å²) in [4.78, 5) is 25.9. The summed E-state index contributed by atoms with van der Waals surface area (Å²) in [6.07, 6.45) is 0. The average Bonchev–Trinajstić information content (AvgIpc) is 2.79. The van der Waals surface area contributed by atoms with Crippen LogP contribution >= 0.6 is 0 Å². The largest absolute Gasteiger partial charge is 0.368 e. The SMILES string of the molecule is Cc1nc(Nc2cccc(C#N)c2)cc(C(=O)N2CCN(c3ccccc3)CC2)n1. The van der Waals surface area contributed by atoms with Crippen LogP contribution in [-0.2, 0) is 0 Å². The molecular formula is C23H22N6O. The minimum absolute atomic E-state index is 0.0953. The molecule has 2 aromatic carbocycles. The molecule has 0 saturated carbocycles. The summed E-state index contributed by atoms with van der Waals surface area (Å²) in [5.41, 5.74) is 2.84. The standard InChI is InChI=1S/C23H22N6O/c1-17-25-21(15-22(26-17)27-19-7-5-6-18(14-19)16-24)23(30)29-12-10-28(11-13-29)20-8-3-2-4-9-20/h2-9,14-15H,10-13H2,1H3,(H,25,26,27). The molecule has 0 radical (unpaired) electrons. The van der Waals surface area contributed by atoms with Crippen molar-refractivity contribution >= 4 is 23.1 Å². The van der Waals surface area contributed by atoms with E-state index < -0.39 is 0 Å². The summed E-state index contributed by atoms with van der Waals surface area (Å²) in [6.45, 7) is 4.62. The molecule has 7 nitrogen and oxygen atoms in total. The lowest BCUT2D eigenvalue weighted by Crippen LogP contribution is -2.49. The number of carbonyl (C=O) groups is 1. The van der Waals surface area contributed by atoms with Gasteiger partial charge in [-0.15, -0.1) is 0 Å². The Morgan fingerprint density at radius 2 is 1.77 bits per heavy atom. The van der Waals surface area contributed by atoms with Crippen LogP contribution in [0.4, 0.5) is 17.2 Å². The third kappa shape index (κ3) is 4.39. The number of nitriles is 1. The molecular weight excluding hydrogens is 376 g/mol. The molecule has 3 aromatic rings. The highest BCUT2D eigenvalue weighted by Gasteiger charge is 2.24.